The highest BCUT2D eigenvalue weighted by atomic mass is 32.2. The second-order valence-electron chi connectivity index (χ2n) is 3.96. The van der Waals surface area contributed by atoms with Crippen molar-refractivity contribution in [2.75, 3.05) is 19.3 Å². The first-order valence-corrected chi connectivity index (χ1v) is 7.84. The quantitative estimate of drug-likeness (QED) is 0.805. The number of nitrogen functional groups attached to an aromatic ring is 1. The molecule has 5 nitrogen and oxygen atoms in total. The molecule has 17 heavy (non-hydrogen) atoms. The Hall–Kier alpha value is -0.660. The van der Waals surface area contributed by atoms with E-state index in [-0.39, 0.29) is 4.21 Å². The molecule has 0 aromatic carbocycles. The minimum atomic E-state index is -3.42. The highest BCUT2D eigenvalue weighted by Gasteiger charge is 2.25. The van der Waals surface area contributed by atoms with Crippen molar-refractivity contribution in [1.82, 2.24) is 9.29 Å². The number of nitrogens with zero attached hydrogens (tertiary/aromatic N) is 2. The maximum Gasteiger partial charge on any atom is 0.254 e. The Kier molecular flexibility index (Phi) is 4.91. The Morgan fingerprint density at radius 3 is 2.53 bits per heavy atom. The van der Waals surface area contributed by atoms with E-state index in [1.165, 1.54) is 4.31 Å². The number of aryl methyl sites for hydroxylation is 1. The molecule has 0 atom stereocenters. The van der Waals surface area contributed by atoms with Crippen molar-refractivity contribution >= 4 is 26.5 Å². The number of hydrogen-bond donors (Lipinski definition) is 1. The Balaban J connectivity index is 2.84. The molecule has 1 aromatic rings. The summed E-state index contributed by atoms with van der Waals surface area (Å²) in [6.07, 6.45) is 2.98. The third-order valence-corrected chi connectivity index (χ3v) is 5.92. The molecule has 1 heterocycles. The minimum absolute atomic E-state index is 0.258. The summed E-state index contributed by atoms with van der Waals surface area (Å²) >= 11 is 1.03. The fraction of sp³-hybridized carbons (Fsp3) is 0.700. The highest BCUT2D eigenvalue weighted by Crippen LogP contribution is 2.27. The van der Waals surface area contributed by atoms with E-state index >= 15 is 0 Å². The Labute approximate surface area is 107 Å². The lowest BCUT2D eigenvalue weighted by Gasteiger charge is -2.15. The molecular weight excluding hydrogens is 258 g/mol. The number of anilines is 1. The van der Waals surface area contributed by atoms with Crippen LogP contribution in [-0.2, 0) is 10.0 Å². The van der Waals surface area contributed by atoms with Crippen LogP contribution in [0.1, 0.15) is 31.9 Å². The van der Waals surface area contributed by atoms with Gasteiger partial charge in [0.15, 0.2) is 9.34 Å². The summed E-state index contributed by atoms with van der Waals surface area (Å²) in [7, 11) is -1.82. The molecule has 0 fully saturated rings. The largest absolute Gasteiger partial charge is 0.375 e. The lowest BCUT2D eigenvalue weighted by molar-refractivity contribution is 0.455. The second-order valence-corrected chi connectivity index (χ2v) is 7.23. The van der Waals surface area contributed by atoms with Gasteiger partial charge in [0.1, 0.15) is 0 Å². The summed E-state index contributed by atoms with van der Waals surface area (Å²) < 4.78 is 26.0. The lowest BCUT2D eigenvalue weighted by atomic mass is 10.2. The van der Waals surface area contributed by atoms with Crippen LogP contribution in [-0.4, -0.2) is 31.3 Å². The van der Waals surface area contributed by atoms with Crippen molar-refractivity contribution in [3.63, 3.8) is 0 Å². The molecular formula is C10H19N3O2S2. The van der Waals surface area contributed by atoms with Gasteiger partial charge in [-0.25, -0.2) is 17.7 Å². The van der Waals surface area contributed by atoms with Crippen LogP contribution in [0.3, 0.4) is 0 Å². The molecule has 0 bridgehead atoms. The normalized spacial score (nSPS) is 12.2. The van der Waals surface area contributed by atoms with E-state index in [9.17, 15) is 8.42 Å². The van der Waals surface area contributed by atoms with Crippen LogP contribution in [0.15, 0.2) is 4.21 Å². The van der Waals surface area contributed by atoms with E-state index in [0.29, 0.717) is 17.4 Å². The molecule has 0 spiro atoms. The average molecular weight is 277 g/mol. The summed E-state index contributed by atoms with van der Waals surface area (Å²) in [6.45, 7) is 4.29. The number of nitrogens with two attached hydrogens (primary N) is 1. The van der Waals surface area contributed by atoms with Crippen LogP contribution in [0.5, 0.6) is 0 Å². The van der Waals surface area contributed by atoms with Gasteiger partial charge in [-0.15, -0.1) is 0 Å². The monoisotopic (exact) mass is 277 g/mol. The lowest BCUT2D eigenvalue weighted by Crippen LogP contribution is -2.27. The van der Waals surface area contributed by atoms with E-state index in [1.807, 2.05) is 0 Å². The summed E-state index contributed by atoms with van der Waals surface area (Å²) in [5.74, 6) is 0. The van der Waals surface area contributed by atoms with E-state index < -0.39 is 10.0 Å². The van der Waals surface area contributed by atoms with Crippen molar-refractivity contribution in [1.29, 1.82) is 0 Å². The second kappa shape index (κ2) is 5.79. The SMILES string of the molecule is CCCCCN(C)S(=O)(=O)c1sc(N)nc1C. The first-order valence-electron chi connectivity index (χ1n) is 5.58. The topological polar surface area (TPSA) is 76.3 Å². The molecule has 0 aliphatic heterocycles. The van der Waals surface area contributed by atoms with Crippen LogP contribution < -0.4 is 5.73 Å². The molecule has 0 aliphatic carbocycles. The number of sulfonamides is 1. The first kappa shape index (κ1) is 14.4. The number of rotatable bonds is 6. The molecule has 1 rings (SSSR count). The predicted octanol–water partition coefficient (Wildman–Crippen LogP) is 1.84. The molecule has 0 saturated carbocycles. The molecule has 0 aliphatic rings. The maximum absolute atomic E-state index is 12.2. The van der Waals surface area contributed by atoms with Gasteiger partial charge < -0.3 is 5.73 Å². The average Bonchev–Trinajstić information content (AvgIpc) is 2.58. The van der Waals surface area contributed by atoms with Gasteiger partial charge >= 0.3 is 0 Å². The van der Waals surface area contributed by atoms with E-state index in [4.69, 9.17) is 5.73 Å². The Bertz CT molecular complexity index is 468. The van der Waals surface area contributed by atoms with Crippen LogP contribution in [0.4, 0.5) is 5.13 Å². The Morgan fingerprint density at radius 2 is 2.06 bits per heavy atom. The smallest absolute Gasteiger partial charge is 0.254 e. The highest BCUT2D eigenvalue weighted by molar-refractivity contribution is 7.91. The zero-order valence-electron chi connectivity index (χ0n) is 10.4. The molecule has 0 radical (unpaired) electrons. The zero-order chi connectivity index (χ0) is 13.1. The summed E-state index contributed by atoms with van der Waals surface area (Å²) in [5.41, 5.74) is 6.00. The fourth-order valence-electron chi connectivity index (χ4n) is 1.49. The van der Waals surface area contributed by atoms with Crippen molar-refractivity contribution < 1.29 is 8.42 Å². The molecule has 98 valence electrons. The van der Waals surface area contributed by atoms with E-state index in [0.717, 1.165) is 30.6 Å². The summed E-state index contributed by atoms with van der Waals surface area (Å²) in [4.78, 5) is 3.95. The predicted molar refractivity (Wildman–Crippen MR) is 70.6 cm³/mol. The molecule has 7 heteroatoms. The van der Waals surface area contributed by atoms with Crippen molar-refractivity contribution in [2.45, 2.75) is 37.3 Å². The molecule has 0 amide bonds. The van der Waals surface area contributed by atoms with Crippen molar-refractivity contribution in [2.24, 2.45) is 0 Å². The van der Waals surface area contributed by atoms with Gasteiger partial charge in [-0.3, -0.25) is 0 Å². The standard InChI is InChI=1S/C10H19N3O2S2/c1-4-5-6-7-13(3)17(14,15)9-8(2)12-10(11)16-9/h4-7H2,1-3H3,(H2,11,12). The minimum Gasteiger partial charge on any atom is -0.375 e. The van der Waals surface area contributed by atoms with Gasteiger partial charge in [-0.1, -0.05) is 31.1 Å². The van der Waals surface area contributed by atoms with Gasteiger partial charge in [0, 0.05) is 13.6 Å². The third-order valence-electron chi connectivity index (χ3n) is 2.49. The maximum atomic E-state index is 12.2. The third kappa shape index (κ3) is 3.40. The fourth-order valence-corrected chi connectivity index (χ4v) is 4.18. The van der Waals surface area contributed by atoms with Gasteiger partial charge in [-0.2, -0.15) is 0 Å². The van der Waals surface area contributed by atoms with Gasteiger partial charge in [0.25, 0.3) is 10.0 Å². The van der Waals surface area contributed by atoms with E-state index in [1.54, 1.807) is 14.0 Å². The first-order chi connectivity index (χ1) is 7.89. The number of unbranched alkanes of at least 4 members (excludes halogenated alkanes) is 2. The summed E-state index contributed by atoms with van der Waals surface area (Å²) in [6, 6.07) is 0. The Morgan fingerprint density at radius 1 is 1.41 bits per heavy atom. The van der Waals surface area contributed by atoms with Gasteiger partial charge in [0.2, 0.25) is 0 Å². The van der Waals surface area contributed by atoms with Crippen LogP contribution in [0.2, 0.25) is 0 Å². The van der Waals surface area contributed by atoms with Crippen molar-refractivity contribution in [3.05, 3.63) is 5.69 Å². The molecule has 0 unspecified atom stereocenters. The molecule has 0 saturated heterocycles. The molecule has 1 aromatic heterocycles. The number of hydrogen-bond acceptors (Lipinski definition) is 5. The number of thiazole rings is 1. The zero-order valence-corrected chi connectivity index (χ0v) is 12.1. The summed E-state index contributed by atoms with van der Waals surface area (Å²) in [5, 5.41) is 0.294. The molecule has 2 N–H and O–H groups in total. The van der Waals surface area contributed by atoms with Gasteiger partial charge in [-0.05, 0) is 13.3 Å². The van der Waals surface area contributed by atoms with E-state index in [2.05, 4.69) is 11.9 Å². The van der Waals surface area contributed by atoms with Gasteiger partial charge in [0.05, 0.1) is 5.69 Å². The van der Waals surface area contributed by atoms with Crippen molar-refractivity contribution in [3.8, 4) is 0 Å². The van der Waals surface area contributed by atoms with Crippen LogP contribution in [0.25, 0.3) is 0 Å². The van der Waals surface area contributed by atoms with Crippen LogP contribution in [0, 0.1) is 6.92 Å². The van der Waals surface area contributed by atoms with Crippen LogP contribution >= 0.6 is 11.3 Å². The number of aromatic nitrogens is 1.